The second-order valence-electron chi connectivity index (χ2n) is 5.05. The number of benzene rings is 2. The van der Waals surface area contributed by atoms with E-state index in [1.54, 1.807) is 11.8 Å². The fourth-order valence-electron chi connectivity index (χ4n) is 2.11. The maximum Gasteiger partial charge on any atom is 0.276 e. The van der Waals surface area contributed by atoms with Gasteiger partial charge in [-0.15, -0.1) is 10.2 Å². The summed E-state index contributed by atoms with van der Waals surface area (Å²) in [7, 11) is 0. The van der Waals surface area contributed by atoms with Crippen LogP contribution in [0.25, 0.3) is 11.5 Å². The first-order valence-electron chi connectivity index (χ1n) is 7.53. The molecule has 0 aliphatic carbocycles. The van der Waals surface area contributed by atoms with Crippen molar-refractivity contribution in [2.24, 2.45) is 0 Å². The number of thioether (sulfide) groups is 1. The van der Waals surface area contributed by atoms with Crippen molar-refractivity contribution in [3.8, 4) is 17.2 Å². The Balaban J connectivity index is 1.46. The Bertz CT molecular complexity index is 744. The summed E-state index contributed by atoms with van der Waals surface area (Å²) in [6, 6.07) is 17.8. The van der Waals surface area contributed by atoms with Crippen molar-refractivity contribution in [1.29, 1.82) is 0 Å². The standard InChI is InChI=1S/C18H18N2O2S/c1-14-8-5-6-11-16(14)17-19-20-18(22-17)23-13-7-12-21-15-9-3-2-4-10-15/h2-6,8-11H,7,12-13H2,1H3. The van der Waals surface area contributed by atoms with Crippen LogP contribution in [-0.2, 0) is 0 Å². The van der Waals surface area contributed by atoms with E-state index in [0.29, 0.717) is 17.7 Å². The summed E-state index contributed by atoms with van der Waals surface area (Å²) >= 11 is 1.56. The van der Waals surface area contributed by atoms with Gasteiger partial charge in [0, 0.05) is 11.3 Å². The van der Waals surface area contributed by atoms with Gasteiger partial charge in [-0.05, 0) is 37.1 Å². The molecule has 5 heteroatoms. The van der Waals surface area contributed by atoms with Crippen LogP contribution >= 0.6 is 11.8 Å². The smallest absolute Gasteiger partial charge is 0.276 e. The number of aryl methyl sites for hydroxylation is 1. The molecule has 1 heterocycles. The number of para-hydroxylation sites is 1. The van der Waals surface area contributed by atoms with E-state index in [1.807, 2.05) is 61.5 Å². The molecule has 1 aromatic heterocycles. The van der Waals surface area contributed by atoms with Crippen molar-refractivity contribution >= 4 is 11.8 Å². The van der Waals surface area contributed by atoms with E-state index in [9.17, 15) is 0 Å². The molecule has 4 nitrogen and oxygen atoms in total. The predicted octanol–water partition coefficient (Wildman–Crippen LogP) is 4.61. The Hall–Kier alpha value is -2.27. The molecular weight excluding hydrogens is 308 g/mol. The van der Waals surface area contributed by atoms with Crippen molar-refractivity contribution in [3.63, 3.8) is 0 Å². The van der Waals surface area contributed by atoms with Crippen LogP contribution in [0.15, 0.2) is 64.2 Å². The second-order valence-corrected chi connectivity index (χ2v) is 6.10. The highest BCUT2D eigenvalue weighted by molar-refractivity contribution is 7.99. The zero-order valence-corrected chi connectivity index (χ0v) is 13.8. The van der Waals surface area contributed by atoms with Gasteiger partial charge in [0.15, 0.2) is 0 Å². The van der Waals surface area contributed by atoms with Crippen molar-refractivity contribution < 1.29 is 9.15 Å². The Morgan fingerprint density at radius 2 is 1.78 bits per heavy atom. The molecule has 0 fully saturated rings. The van der Waals surface area contributed by atoms with Gasteiger partial charge in [-0.25, -0.2) is 0 Å². The topological polar surface area (TPSA) is 48.2 Å². The van der Waals surface area contributed by atoms with E-state index >= 15 is 0 Å². The molecule has 2 aromatic carbocycles. The quantitative estimate of drug-likeness (QED) is 0.469. The SMILES string of the molecule is Cc1ccccc1-c1nnc(SCCCOc2ccccc2)o1. The number of aromatic nitrogens is 2. The molecule has 0 saturated heterocycles. The fourth-order valence-corrected chi connectivity index (χ4v) is 2.79. The molecule has 0 spiro atoms. The highest BCUT2D eigenvalue weighted by atomic mass is 32.2. The normalized spacial score (nSPS) is 10.7. The van der Waals surface area contributed by atoms with Gasteiger partial charge in [0.05, 0.1) is 6.61 Å². The third-order valence-corrected chi connectivity index (χ3v) is 4.21. The Morgan fingerprint density at radius 3 is 2.61 bits per heavy atom. The van der Waals surface area contributed by atoms with Crippen LogP contribution in [0.5, 0.6) is 5.75 Å². The van der Waals surface area contributed by atoms with Crippen LogP contribution in [0.3, 0.4) is 0 Å². The highest BCUT2D eigenvalue weighted by Gasteiger charge is 2.10. The molecule has 0 radical (unpaired) electrons. The Morgan fingerprint density at radius 1 is 1.00 bits per heavy atom. The zero-order chi connectivity index (χ0) is 15.9. The fraction of sp³-hybridized carbons (Fsp3) is 0.222. The molecule has 0 saturated carbocycles. The summed E-state index contributed by atoms with van der Waals surface area (Å²) in [4.78, 5) is 0. The lowest BCUT2D eigenvalue weighted by Crippen LogP contribution is -1.98. The first kappa shape index (κ1) is 15.6. The summed E-state index contributed by atoms with van der Waals surface area (Å²) in [5, 5.41) is 8.82. The van der Waals surface area contributed by atoms with Crippen LogP contribution in [0, 0.1) is 6.92 Å². The molecule has 0 atom stereocenters. The Kier molecular flexibility index (Phi) is 5.32. The summed E-state index contributed by atoms with van der Waals surface area (Å²) in [5.74, 6) is 2.35. The van der Waals surface area contributed by atoms with Gasteiger partial charge >= 0.3 is 0 Å². The summed E-state index contributed by atoms with van der Waals surface area (Å²) in [6.07, 6.45) is 0.918. The first-order valence-corrected chi connectivity index (χ1v) is 8.51. The monoisotopic (exact) mass is 326 g/mol. The minimum Gasteiger partial charge on any atom is -0.494 e. The minimum atomic E-state index is 0.575. The average Bonchev–Trinajstić information content (AvgIpc) is 3.04. The summed E-state index contributed by atoms with van der Waals surface area (Å²) in [5.41, 5.74) is 2.11. The summed E-state index contributed by atoms with van der Waals surface area (Å²) < 4.78 is 11.4. The van der Waals surface area contributed by atoms with Crippen molar-refractivity contribution in [2.45, 2.75) is 18.6 Å². The Labute approximate surface area is 139 Å². The van der Waals surface area contributed by atoms with Crippen LogP contribution in [0.1, 0.15) is 12.0 Å². The lowest BCUT2D eigenvalue weighted by atomic mass is 10.1. The van der Waals surface area contributed by atoms with Gasteiger partial charge in [-0.2, -0.15) is 0 Å². The number of rotatable bonds is 7. The van der Waals surface area contributed by atoms with Crippen molar-refractivity contribution in [2.75, 3.05) is 12.4 Å². The molecular formula is C18H18N2O2S. The largest absolute Gasteiger partial charge is 0.494 e. The minimum absolute atomic E-state index is 0.575. The maximum atomic E-state index is 5.72. The van der Waals surface area contributed by atoms with E-state index in [1.165, 1.54) is 0 Å². The number of ether oxygens (including phenoxy) is 1. The van der Waals surface area contributed by atoms with Gasteiger partial charge in [-0.1, -0.05) is 48.2 Å². The van der Waals surface area contributed by atoms with Crippen LogP contribution < -0.4 is 4.74 Å². The van der Waals surface area contributed by atoms with Crippen LogP contribution in [-0.4, -0.2) is 22.6 Å². The molecule has 0 unspecified atom stereocenters. The van der Waals surface area contributed by atoms with Gasteiger partial charge in [0.25, 0.3) is 5.22 Å². The lowest BCUT2D eigenvalue weighted by molar-refractivity contribution is 0.318. The van der Waals surface area contributed by atoms with Gasteiger partial charge in [0.1, 0.15) is 5.75 Å². The molecule has 0 aliphatic rings. The van der Waals surface area contributed by atoms with Gasteiger partial charge in [0.2, 0.25) is 5.89 Å². The maximum absolute atomic E-state index is 5.72. The van der Waals surface area contributed by atoms with Crippen LogP contribution in [0.4, 0.5) is 0 Å². The second kappa shape index (κ2) is 7.83. The van der Waals surface area contributed by atoms with Crippen molar-refractivity contribution in [1.82, 2.24) is 10.2 Å². The molecule has 0 N–H and O–H groups in total. The first-order chi connectivity index (χ1) is 11.3. The molecule has 3 aromatic rings. The highest BCUT2D eigenvalue weighted by Crippen LogP contribution is 2.25. The summed E-state index contributed by atoms with van der Waals surface area (Å²) in [6.45, 7) is 2.71. The lowest BCUT2D eigenvalue weighted by Gasteiger charge is -2.04. The average molecular weight is 326 g/mol. The van der Waals surface area contributed by atoms with E-state index < -0.39 is 0 Å². The van der Waals surface area contributed by atoms with Gasteiger partial charge < -0.3 is 9.15 Å². The predicted molar refractivity (Wildman–Crippen MR) is 91.7 cm³/mol. The molecule has 0 bridgehead atoms. The number of nitrogens with zero attached hydrogens (tertiary/aromatic N) is 2. The van der Waals surface area contributed by atoms with E-state index in [-0.39, 0.29) is 0 Å². The van der Waals surface area contributed by atoms with E-state index in [4.69, 9.17) is 9.15 Å². The number of hydrogen-bond donors (Lipinski definition) is 0. The van der Waals surface area contributed by atoms with E-state index in [2.05, 4.69) is 10.2 Å². The molecule has 0 amide bonds. The van der Waals surface area contributed by atoms with Gasteiger partial charge in [-0.3, -0.25) is 0 Å². The molecule has 3 rings (SSSR count). The zero-order valence-electron chi connectivity index (χ0n) is 12.9. The third kappa shape index (κ3) is 4.36. The molecule has 118 valence electrons. The number of hydrogen-bond acceptors (Lipinski definition) is 5. The molecule has 0 aliphatic heterocycles. The third-order valence-electron chi connectivity index (χ3n) is 3.31. The van der Waals surface area contributed by atoms with Crippen LogP contribution in [0.2, 0.25) is 0 Å². The molecule has 23 heavy (non-hydrogen) atoms. The van der Waals surface area contributed by atoms with E-state index in [0.717, 1.165) is 29.1 Å². The van der Waals surface area contributed by atoms with Crippen molar-refractivity contribution in [3.05, 3.63) is 60.2 Å².